The molecule has 4 nitrogen and oxygen atoms in total. The summed E-state index contributed by atoms with van der Waals surface area (Å²) in [6.45, 7) is 6.28. The van der Waals surface area contributed by atoms with Crippen molar-refractivity contribution in [3.8, 4) is 0 Å². The summed E-state index contributed by atoms with van der Waals surface area (Å²) in [7, 11) is 3.36. The number of ketones is 1. The van der Waals surface area contributed by atoms with E-state index in [1.165, 1.54) is 16.8 Å². The van der Waals surface area contributed by atoms with Crippen molar-refractivity contribution in [3.63, 3.8) is 0 Å². The molecule has 0 radical (unpaired) electrons. The number of carbonyl (C=O) groups excluding carboxylic acids is 1. The second kappa shape index (κ2) is 6.42. The lowest BCUT2D eigenvalue weighted by Crippen LogP contribution is -2.43. The van der Waals surface area contributed by atoms with Gasteiger partial charge >= 0.3 is 0 Å². The van der Waals surface area contributed by atoms with Gasteiger partial charge in [0.2, 0.25) is 0 Å². The molecule has 3 aliphatic rings. The van der Waals surface area contributed by atoms with E-state index in [-0.39, 0.29) is 5.92 Å². The SMILES string of the molecule is COC1=C(OC)CC2=C3CC(=O)C(CC(C)C)CN3CCC2=C1. The lowest BCUT2D eigenvalue weighted by atomic mass is 9.81. The Morgan fingerprint density at radius 2 is 2.04 bits per heavy atom. The summed E-state index contributed by atoms with van der Waals surface area (Å²) < 4.78 is 10.9. The first-order valence-electron chi connectivity index (χ1n) is 8.55. The summed E-state index contributed by atoms with van der Waals surface area (Å²) >= 11 is 0. The van der Waals surface area contributed by atoms with Crippen LogP contribution in [0, 0.1) is 11.8 Å². The Kier molecular flexibility index (Phi) is 4.51. The van der Waals surface area contributed by atoms with Crippen LogP contribution in [0.25, 0.3) is 0 Å². The third-order valence-corrected chi connectivity index (χ3v) is 5.15. The number of carbonyl (C=O) groups is 1. The molecule has 126 valence electrons. The number of allylic oxidation sites excluding steroid dienone is 3. The van der Waals surface area contributed by atoms with E-state index in [0.29, 0.717) is 18.1 Å². The number of piperidine rings is 1. The van der Waals surface area contributed by atoms with Crippen LogP contribution in [-0.4, -0.2) is 38.0 Å². The maximum Gasteiger partial charge on any atom is 0.157 e. The van der Waals surface area contributed by atoms with Gasteiger partial charge in [-0.25, -0.2) is 0 Å². The van der Waals surface area contributed by atoms with Crippen molar-refractivity contribution in [2.45, 2.75) is 39.5 Å². The van der Waals surface area contributed by atoms with Crippen LogP contribution >= 0.6 is 0 Å². The van der Waals surface area contributed by atoms with Crippen molar-refractivity contribution < 1.29 is 14.3 Å². The molecule has 0 N–H and O–H groups in total. The summed E-state index contributed by atoms with van der Waals surface area (Å²) in [4.78, 5) is 15.0. The van der Waals surface area contributed by atoms with Gasteiger partial charge in [-0.2, -0.15) is 0 Å². The van der Waals surface area contributed by atoms with Crippen LogP contribution in [0.4, 0.5) is 0 Å². The molecule has 0 saturated carbocycles. The number of fused-ring (bicyclic) bond motifs is 2. The number of methoxy groups -OCH3 is 2. The molecule has 1 unspecified atom stereocenters. The summed E-state index contributed by atoms with van der Waals surface area (Å²) in [6.07, 6.45) is 5.42. The lowest BCUT2D eigenvalue weighted by molar-refractivity contribution is -0.125. The molecule has 1 saturated heterocycles. The molecule has 0 aromatic heterocycles. The van der Waals surface area contributed by atoms with Crippen LogP contribution in [0.3, 0.4) is 0 Å². The topological polar surface area (TPSA) is 38.8 Å². The van der Waals surface area contributed by atoms with E-state index in [1.54, 1.807) is 14.2 Å². The Hall–Kier alpha value is -1.71. The van der Waals surface area contributed by atoms with E-state index >= 15 is 0 Å². The zero-order valence-electron chi connectivity index (χ0n) is 14.6. The van der Waals surface area contributed by atoms with Crippen molar-refractivity contribution in [1.29, 1.82) is 0 Å². The van der Waals surface area contributed by atoms with Gasteiger partial charge in [0.25, 0.3) is 0 Å². The zero-order valence-corrected chi connectivity index (χ0v) is 14.6. The van der Waals surface area contributed by atoms with Crippen LogP contribution < -0.4 is 0 Å². The molecule has 3 rings (SSSR count). The fraction of sp³-hybridized carbons (Fsp3) is 0.632. The molecule has 23 heavy (non-hydrogen) atoms. The Labute approximate surface area is 138 Å². The molecule has 0 spiro atoms. The molecule has 2 heterocycles. The van der Waals surface area contributed by atoms with Crippen LogP contribution in [0.2, 0.25) is 0 Å². The van der Waals surface area contributed by atoms with Crippen LogP contribution in [0.15, 0.2) is 34.4 Å². The third-order valence-electron chi connectivity index (χ3n) is 5.15. The van der Waals surface area contributed by atoms with E-state index < -0.39 is 0 Å². The van der Waals surface area contributed by atoms with E-state index in [4.69, 9.17) is 9.47 Å². The minimum Gasteiger partial charge on any atom is -0.497 e. The molecule has 1 aliphatic carbocycles. The van der Waals surface area contributed by atoms with Crippen LogP contribution in [0.1, 0.15) is 39.5 Å². The summed E-state index contributed by atoms with van der Waals surface area (Å²) in [5.74, 6) is 2.84. The van der Waals surface area contributed by atoms with Gasteiger partial charge < -0.3 is 14.4 Å². The highest BCUT2D eigenvalue weighted by atomic mass is 16.5. The highest BCUT2D eigenvalue weighted by Gasteiger charge is 2.36. The molecular formula is C19H27NO3. The first-order chi connectivity index (χ1) is 11.0. The monoisotopic (exact) mass is 317 g/mol. The molecule has 0 bridgehead atoms. The zero-order chi connectivity index (χ0) is 16.6. The maximum absolute atomic E-state index is 12.6. The first kappa shape index (κ1) is 16.2. The summed E-state index contributed by atoms with van der Waals surface area (Å²) in [5, 5.41) is 0. The van der Waals surface area contributed by atoms with Gasteiger partial charge in [-0.3, -0.25) is 4.79 Å². The van der Waals surface area contributed by atoms with Crippen LogP contribution in [-0.2, 0) is 14.3 Å². The van der Waals surface area contributed by atoms with Gasteiger partial charge in [-0.1, -0.05) is 13.8 Å². The van der Waals surface area contributed by atoms with E-state index in [2.05, 4.69) is 24.8 Å². The Balaban J connectivity index is 1.89. The van der Waals surface area contributed by atoms with Crippen molar-refractivity contribution in [2.24, 2.45) is 11.8 Å². The largest absolute Gasteiger partial charge is 0.497 e. The van der Waals surface area contributed by atoms with Gasteiger partial charge in [0.15, 0.2) is 5.76 Å². The Bertz CT molecular complexity index is 598. The molecular weight excluding hydrogens is 290 g/mol. The number of nitrogens with zero attached hydrogens (tertiary/aromatic N) is 1. The minimum atomic E-state index is 0.195. The smallest absolute Gasteiger partial charge is 0.157 e. The fourth-order valence-corrected chi connectivity index (χ4v) is 4.00. The van der Waals surface area contributed by atoms with E-state index in [1.807, 2.05) is 0 Å². The summed E-state index contributed by atoms with van der Waals surface area (Å²) in [5.41, 5.74) is 3.81. The normalized spacial score (nSPS) is 24.6. The van der Waals surface area contributed by atoms with E-state index in [9.17, 15) is 4.79 Å². The molecule has 1 fully saturated rings. The van der Waals surface area contributed by atoms with Crippen molar-refractivity contribution >= 4 is 5.78 Å². The average Bonchev–Trinajstić information content (AvgIpc) is 2.53. The van der Waals surface area contributed by atoms with Gasteiger partial charge in [-0.15, -0.1) is 0 Å². The molecule has 2 aliphatic heterocycles. The highest BCUT2D eigenvalue weighted by Crippen LogP contribution is 2.41. The average molecular weight is 317 g/mol. The third kappa shape index (κ3) is 3.04. The molecule has 0 amide bonds. The Morgan fingerprint density at radius 1 is 1.26 bits per heavy atom. The minimum absolute atomic E-state index is 0.195. The molecule has 0 aromatic rings. The maximum atomic E-state index is 12.6. The van der Waals surface area contributed by atoms with Gasteiger partial charge in [0.05, 0.1) is 14.2 Å². The molecule has 1 atom stereocenters. The lowest BCUT2D eigenvalue weighted by Gasteiger charge is -2.42. The number of hydrogen-bond acceptors (Lipinski definition) is 4. The second-order valence-corrected chi connectivity index (χ2v) is 7.13. The molecule has 4 heteroatoms. The number of ether oxygens (including phenoxy) is 2. The van der Waals surface area contributed by atoms with Gasteiger partial charge in [-0.05, 0) is 36.0 Å². The summed E-state index contributed by atoms with van der Waals surface area (Å²) in [6, 6.07) is 0. The van der Waals surface area contributed by atoms with Gasteiger partial charge in [0, 0.05) is 37.5 Å². The van der Waals surface area contributed by atoms with Crippen molar-refractivity contribution in [2.75, 3.05) is 27.3 Å². The number of hydrogen-bond donors (Lipinski definition) is 0. The second-order valence-electron chi connectivity index (χ2n) is 7.13. The Morgan fingerprint density at radius 3 is 2.70 bits per heavy atom. The van der Waals surface area contributed by atoms with Crippen molar-refractivity contribution in [3.05, 3.63) is 34.4 Å². The number of rotatable bonds is 4. The first-order valence-corrected chi connectivity index (χ1v) is 8.55. The fourth-order valence-electron chi connectivity index (χ4n) is 4.00. The predicted octanol–water partition coefficient (Wildman–Crippen LogP) is 3.42. The van der Waals surface area contributed by atoms with Crippen molar-refractivity contribution in [1.82, 2.24) is 4.90 Å². The number of Topliss-reactive ketones (excluding diaryl/α,β-unsaturated/α-hetero) is 1. The van der Waals surface area contributed by atoms with E-state index in [0.717, 1.165) is 43.9 Å². The predicted molar refractivity (Wildman–Crippen MR) is 89.5 cm³/mol. The standard InChI is InChI=1S/C19H27NO3/c1-12(2)7-14-11-20-6-5-13-8-18(22-3)19(23-4)9-15(13)16(20)10-17(14)21/h8,12,14H,5-7,9-11H2,1-4H3. The molecule has 0 aromatic carbocycles. The van der Waals surface area contributed by atoms with Crippen LogP contribution in [0.5, 0.6) is 0 Å². The quantitative estimate of drug-likeness (QED) is 0.796. The highest BCUT2D eigenvalue weighted by molar-refractivity contribution is 5.85. The van der Waals surface area contributed by atoms with Gasteiger partial charge in [0.1, 0.15) is 11.5 Å².